The van der Waals surface area contributed by atoms with Gasteiger partial charge in [0.1, 0.15) is 5.82 Å². The van der Waals surface area contributed by atoms with Gasteiger partial charge < -0.3 is 10.2 Å². The van der Waals surface area contributed by atoms with Crippen LogP contribution in [0.1, 0.15) is 48.5 Å². The molecule has 1 atom stereocenters. The summed E-state index contributed by atoms with van der Waals surface area (Å²) in [5.74, 6) is -0.549. The van der Waals surface area contributed by atoms with E-state index in [0.717, 1.165) is 25.1 Å². The van der Waals surface area contributed by atoms with Crippen LogP contribution >= 0.6 is 0 Å². The van der Waals surface area contributed by atoms with E-state index in [1.54, 1.807) is 6.07 Å². The van der Waals surface area contributed by atoms with Crippen LogP contribution in [0.2, 0.25) is 0 Å². The lowest BCUT2D eigenvalue weighted by Crippen LogP contribution is -2.39. The first kappa shape index (κ1) is 16.0. The molecule has 1 heterocycles. The molecule has 4 heteroatoms. The third-order valence-electron chi connectivity index (χ3n) is 4.29. The summed E-state index contributed by atoms with van der Waals surface area (Å²) in [4.78, 5) is 14.5. The number of nitrogens with zero attached hydrogens (tertiary/aromatic N) is 1. The monoisotopic (exact) mass is 292 g/mol. The van der Waals surface area contributed by atoms with Gasteiger partial charge >= 0.3 is 0 Å². The number of hydrogen-bond donors (Lipinski definition) is 1. The molecular formula is C17H25FN2O. The van der Waals surface area contributed by atoms with Gasteiger partial charge in [0.2, 0.25) is 0 Å². The van der Waals surface area contributed by atoms with Crippen molar-refractivity contribution in [1.29, 1.82) is 0 Å². The molecule has 1 unspecified atom stereocenters. The molecule has 1 amide bonds. The van der Waals surface area contributed by atoms with Crippen LogP contribution in [-0.2, 0) is 0 Å². The molecule has 1 aliphatic heterocycles. The van der Waals surface area contributed by atoms with Crippen LogP contribution in [0.3, 0.4) is 0 Å². The summed E-state index contributed by atoms with van der Waals surface area (Å²) in [5, 5.41) is 2.89. The molecule has 21 heavy (non-hydrogen) atoms. The average Bonchev–Trinajstić information content (AvgIpc) is 2.47. The van der Waals surface area contributed by atoms with Crippen molar-refractivity contribution in [3.8, 4) is 0 Å². The standard InChI is InChI=1S/C17H25FN2O/c1-13-7-8-15(18)12-16(13)17(21)19-9-5-11-20-10-4-3-6-14(20)2/h7-8,12,14H,3-6,9-11H2,1-2H3,(H,19,21). The van der Waals surface area contributed by atoms with Gasteiger partial charge in [-0.15, -0.1) is 0 Å². The Morgan fingerprint density at radius 1 is 1.43 bits per heavy atom. The molecular weight excluding hydrogens is 267 g/mol. The fourth-order valence-corrected chi connectivity index (χ4v) is 2.91. The average molecular weight is 292 g/mol. The van der Waals surface area contributed by atoms with E-state index in [9.17, 15) is 9.18 Å². The number of hydrogen-bond acceptors (Lipinski definition) is 2. The highest BCUT2D eigenvalue weighted by Gasteiger charge is 2.17. The molecule has 0 saturated carbocycles. The minimum atomic E-state index is -0.368. The molecule has 1 N–H and O–H groups in total. The number of halogens is 1. The van der Waals surface area contributed by atoms with Crippen molar-refractivity contribution in [3.05, 3.63) is 35.1 Å². The molecule has 1 aliphatic rings. The van der Waals surface area contributed by atoms with E-state index in [1.165, 1.54) is 31.4 Å². The molecule has 0 aliphatic carbocycles. The Kier molecular flexibility index (Phi) is 5.74. The van der Waals surface area contributed by atoms with Gasteiger partial charge in [-0.25, -0.2) is 4.39 Å². The van der Waals surface area contributed by atoms with Crippen LogP contribution in [0.4, 0.5) is 4.39 Å². The van der Waals surface area contributed by atoms with Crippen molar-refractivity contribution in [2.24, 2.45) is 0 Å². The maximum Gasteiger partial charge on any atom is 0.251 e. The van der Waals surface area contributed by atoms with E-state index in [4.69, 9.17) is 0 Å². The van der Waals surface area contributed by atoms with Gasteiger partial charge in [0.15, 0.2) is 0 Å². The lowest BCUT2D eigenvalue weighted by Gasteiger charge is -2.33. The molecule has 0 spiro atoms. The highest BCUT2D eigenvalue weighted by Crippen LogP contribution is 2.16. The van der Waals surface area contributed by atoms with Crippen molar-refractivity contribution in [3.63, 3.8) is 0 Å². The molecule has 1 aromatic rings. The highest BCUT2D eigenvalue weighted by molar-refractivity contribution is 5.95. The Labute approximate surface area is 126 Å². The van der Waals surface area contributed by atoms with Crippen molar-refractivity contribution >= 4 is 5.91 Å². The Balaban J connectivity index is 1.75. The third kappa shape index (κ3) is 4.53. The number of rotatable bonds is 5. The predicted octanol–water partition coefficient (Wildman–Crippen LogP) is 3.13. The van der Waals surface area contributed by atoms with E-state index in [2.05, 4.69) is 17.1 Å². The maximum atomic E-state index is 13.2. The molecule has 3 nitrogen and oxygen atoms in total. The molecule has 116 valence electrons. The first-order valence-corrected chi connectivity index (χ1v) is 7.86. The number of nitrogens with one attached hydrogen (secondary N) is 1. The summed E-state index contributed by atoms with van der Waals surface area (Å²) >= 11 is 0. The van der Waals surface area contributed by atoms with E-state index < -0.39 is 0 Å². The zero-order valence-corrected chi connectivity index (χ0v) is 13.0. The zero-order valence-electron chi connectivity index (χ0n) is 13.0. The van der Waals surface area contributed by atoms with E-state index in [-0.39, 0.29) is 11.7 Å². The van der Waals surface area contributed by atoms with Gasteiger partial charge in [-0.2, -0.15) is 0 Å². The van der Waals surface area contributed by atoms with Gasteiger partial charge in [-0.3, -0.25) is 4.79 Å². The summed E-state index contributed by atoms with van der Waals surface area (Å²) < 4.78 is 13.2. The zero-order chi connectivity index (χ0) is 15.2. The quantitative estimate of drug-likeness (QED) is 0.846. The smallest absolute Gasteiger partial charge is 0.251 e. The number of carbonyl (C=O) groups excluding carboxylic acids is 1. The Morgan fingerprint density at radius 3 is 3.00 bits per heavy atom. The largest absolute Gasteiger partial charge is 0.352 e. The number of piperidine rings is 1. The number of carbonyl (C=O) groups is 1. The van der Waals surface area contributed by atoms with Gasteiger partial charge in [0, 0.05) is 24.7 Å². The SMILES string of the molecule is Cc1ccc(F)cc1C(=O)NCCCN1CCCCC1C. The molecule has 0 bridgehead atoms. The van der Waals surface area contributed by atoms with Gasteiger partial charge in [0.25, 0.3) is 5.91 Å². The summed E-state index contributed by atoms with van der Waals surface area (Å²) in [6, 6.07) is 4.97. The maximum absolute atomic E-state index is 13.2. The molecule has 0 radical (unpaired) electrons. The molecule has 1 aromatic carbocycles. The van der Waals surface area contributed by atoms with E-state index in [1.807, 2.05) is 6.92 Å². The second-order valence-electron chi connectivity index (χ2n) is 5.95. The summed E-state index contributed by atoms with van der Waals surface area (Å²) in [6.45, 7) is 6.91. The van der Waals surface area contributed by atoms with Crippen LogP contribution in [-0.4, -0.2) is 36.5 Å². The van der Waals surface area contributed by atoms with Gasteiger partial charge in [-0.05, 0) is 57.4 Å². The first-order valence-electron chi connectivity index (χ1n) is 7.86. The number of benzene rings is 1. The topological polar surface area (TPSA) is 32.3 Å². The van der Waals surface area contributed by atoms with E-state index in [0.29, 0.717) is 18.2 Å². The highest BCUT2D eigenvalue weighted by atomic mass is 19.1. The van der Waals surface area contributed by atoms with Gasteiger partial charge in [-0.1, -0.05) is 12.5 Å². The van der Waals surface area contributed by atoms with Crippen LogP contribution in [0.5, 0.6) is 0 Å². The van der Waals surface area contributed by atoms with Crippen LogP contribution in [0, 0.1) is 12.7 Å². The van der Waals surface area contributed by atoms with E-state index >= 15 is 0 Å². The Hall–Kier alpha value is -1.42. The normalized spacial score (nSPS) is 19.5. The second kappa shape index (κ2) is 7.55. The minimum absolute atomic E-state index is 0.182. The molecule has 1 fully saturated rings. The van der Waals surface area contributed by atoms with Crippen molar-refractivity contribution in [2.75, 3.05) is 19.6 Å². The fourth-order valence-electron chi connectivity index (χ4n) is 2.91. The lowest BCUT2D eigenvalue weighted by molar-refractivity contribution is 0.0948. The predicted molar refractivity (Wildman–Crippen MR) is 83.0 cm³/mol. The molecule has 1 saturated heterocycles. The Bertz CT molecular complexity index is 490. The number of aryl methyl sites for hydroxylation is 1. The van der Waals surface area contributed by atoms with Gasteiger partial charge in [0.05, 0.1) is 0 Å². The molecule has 2 rings (SSSR count). The van der Waals surface area contributed by atoms with Crippen LogP contribution in [0.25, 0.3) is 0 Å². The lowest BCUT2D eigenvalue weighted by atomic mass is 10.0. The third-order valence-corrected chi connectivity index (χ3v) is 4.29. The summed E-state index contributed by atoms with van der Waals surface area (Å²) in [7, 11) is 0. The second-order valence-corrected chi connectivity index (χ2v) is 5.95. The summed E-state index contributed by atoms with van der Waals surface area (Å²) in [5.41, 5.74) is 1.24. The number of amides is 1. The summed E-state index contributed by atoms with van der Waals surface area (Å²) in [6.07, 6.45) is 4.81. The van der Waals surface area contributed by atoms with Crippen LogP contribution in [0.15, 0.2) is 18.2 Å². The van der Waals surface area contributed by atoms with Crippen molar-refractivity contribution in [2.45, 2.75) is 45.6 Å². The van der Waals surface area contributed by atoms with Crippen molar-refractivity contribution < 1.29 is 9.18 Å². The van der Waals surface area contributed by atoms with Crippen molar-refractivity contribution in [1.82, 2.24) is 10.2 Å². The molecule has 0 aromatic heterocycles. The Morgan fingerprint density at radius 2 is 2.24 bits per heavy atom. The first-order chi connectivity index (χ1) is 10.1. The number of likely N-dealkylation sites (tertiary alicyclic amines) is 1. The minimum Gasteiger partial charge on any atom is -0.352 e. The fraction of sp³-hybridized carbons (Fsp3) is 0.588. The van der Waals surface area contributed by atoms with Crippen LogP contribution < -0.4 is 5.32 Å².